The van der Waals surface area contributed by atoms with Gasteiger partial charge in [0.05, 0.1) is 23.3 Å². The van der Waals surface area contributed by atoms with E-state index in [4.69, 9.17) is 13.8 Å². The molecule has 1 aliphatic rings. The molecule has 4 rings (SSSR count). The van der Waals surface area contributed by atoms with E-state index in [0.29, 0.717) is 24.0 Å². The summed E-state index contributed by atoms with van der Waals surface area (Å²) < 4.78 is 16.0. The molecule has 108 valence electrons. The molecule has 0 unspecified atom stereocenters. The lowest BCUT2D eigenvalue weighted by Gasteiger charge is -1.99. The van der Waals surface area contributed by atoms with Gasteiger partial charge in [-0.05, 0) is 26.3 Å². The Morgan fingerprint density at radius 2 is 2.05 bits per heavy atom. The molecule has 0 bridgehead atoms. The third kappa shape index (κ3) is 2.01. The van der Waals surface area contributed by atoms with Crippen LogP contribution in [0.3, 0.4) is 0 Å². The number of pyridine rings is 1. The van der Waals surface area contributed by atoms with Crippen LogP contribution < -0.4 is 0 Å². The van der Waals surface area contributed by atoms with Gasteiger partial charge < -0.3 is 13.8 Å². The van der Waals surface area contributed by atoms with Crippen molar-refractivity contribution in [3.8, 4) is 11.5 Å². The van der Waals surface area contributed by atoms with E-state index in [1.54, 1.807) is 0 Å². The maximum Gasteiger partial charge on any atom is 0.258 e. The maximum atomic E-state index is 5.44. The van der Waals surface area contributed by atoms with Gasteiger partial charge in [0.1, 0.15) is 0 Å². The minimum atomic E-state index is 0.212. The second-order valence-electron chi connectivity index (χ2n) is 5.28. The lowest BCUT2D eigenvalue weighted by Crippen LogP contribution is -1.99. The summed E-state index contributed by atoms with van der Waals surface area (Å²) in [6.07, 6.45) is 0.927. The fourth-order valence-electron chi connectivity index (χ4n) is 2.63. The van der Waals surface area contributed by atoms with Crippen molar-refractivity contribution in [2.75, 3.05) is 13.2 Å². The van der Waals surface area contributed by atoms with Crippen molar-refractivity contribution >= 4 is 11.1 Å². The number of nitrogens with zero attached hydrogens (tertiary/aromatic N) is 4. The molecular formula is C14H14N4O3. The van der Waals surface area contributed by atoms with Gasteiger partial charge in [0, 0.05) is 18.2 Å². The van der Waals surface area contributed by atoms with Crippen LogP contribution in [0.1, 0.15) is 29.6 Å². The predicted molar refractivity (Wildman–Crippen MR) is 72.7 cm³/mol. The van der Waals surface area contributed by atoms with E-state index in [1.807, 2.05) is 19.9 Å². The van der Waals surface area contributed by atoms with Crippen molar-refractivity contribution in [2.24, 2.45) is 0 Å². The van der Waals surface area contributed by atoms with Crippen molar-refractivity contribution in [1.82, 2.24) is 20.3 Å². The summed E-state index contributed by atoms with van der Waals surface area (Å²) in [5.74, 6) is 1.38. The number of ether oxygens (including phenoxy) is 1. The first kappa shape index (κ1) is 12.5. The lowest BCUT2D eigenvalue weighted by atomic mass is 10.1. The zero-order valence-corrected chi connectivity index (χ0v) is 11.8. The van der Waals surface area contributed by atoms with Crippen LogP contribution >= 0.6 is 0 Å². The van der Waals surface area contributed by atoms with E-state index in [-0.39, 0.29) is 5.92 Å². The first-order chi connectivity index (χ1) is 10.2. The van der Waals surface area contributed by atoms with E-state index < -0.39 is 0 Å². The first-order valence-corrected chi connectivity index (χ1v) is 6.87. The molecule has 21 heavy (non-hydrogen) atoms. The normalized spacial score (nSPS) is 18.7. The number of aromatic nitrogens is 4. The van der Waals surface area contributed by atoms with Crippen molar-refractivity contribution in [2.45, 2.75) is 26.2 Å². The minimum Gasteiger partial charge on any atom is -0.381 e. The highest BCUT2D eigenvalue weighted by atomic mass is 16.5. The van der Waals surface area contributed by atoms with Crippen LogP contribution in [-0.2, 0) is 4.74 Å². The molecule has 1 aliphatic heterocycles. The number of aryl methyl sites for hydroxylation is 2. The molecular weight excluding hydrogens is 272 g/mol. The van der Waals surface area contributed by atoms with Gasteiger partial charge in [-0.25, -0.2) is 4.98 Å². The average molecular weight is 286 g/mol. The van der Waals surface area contributed by atoms with Crippen molar-refractivity contribution in [3.63, 3.8) is 0 Å². The monoisotopic (exact) mass is 286 g/mol. The molecule has 7 nitrogen and oxygen atoms in total. The average Bonchev–Trinajstić information content (AvgIpc) is 3.17. The van der Waals surface area contributed by atoms with Crippen LogP contribution in [-0.4, -0.2) is 33.5 Å². The Labute approximate surface area is 120 Å². The van der Waals surface area contributed by atoms with Gasteiger partial charge >= 0.3 is 0 Å². The van der Waals surface area contributed by atoms with E-state index >= 15 is 0 Å². The van der Waals surface area contributed by atoms with Crippen LogP contribution in [0.2, 0.25) is 0 Å². The maximum absolute atomic E-state index is 5.44. The van der Waals surface area contributed by atoms with Crippen LogP contribution in [0.5, 0.6) is 0 Å². The van der Waals surface area contributed by atoms with Gasteiger partial charge in [-0.3, -0.25) is 0 Å². The largest absolute Gasteiger partial charge is 0.381 e. The van der Waals surface area contributed by atoms with Crippen LogP contribution in [0.25, 0.3) is 22.6 Å². The highest BCUT2D eigenvalue weighted by Crippen LogP contribution is 2.31. The van der Waals surface area contributed by atoms with Gasteiger partial charge in [-0.15, -0.1) is 0 Å². The predicted octanol–water partition coefficient (Wildman–Crippen LogP) is 2.39. The van der Waals surface area contributed by atoms with Crippen LogP contribution in [0.15, 0.2) is 15.1 Å². The van der Waals surface area contributed by atoms with E-state index in [0.717, 1.165) is 35.4 Å². The molecule has 0 saturated carbocycles. The Bertz CT molecular complexity index is 802. The first-order valence-electron chi connectivity index (χ1n) is 6.87. The number of rotatable bonds is 2. The molecule has 3 aromatic heterocycles. The summed E-state index contributed by atoms with van der Waals surface area (Å²) in [6.45, 7) is 5.16. The lowest BCUT2D eigenvalue weighted by molar-refractivity contribution is 0.192. The van der Waals surface area contributed by atoms with Crippen molar-refractivity contribution in [1.29, 1.82) is 0 Å². The Balaban J connectivity index is 1.84. The van der Waals surface area contributed by atoms with E-state index in [1.165, 1.54) is 0 Å². The molecule has 0 N–H and O–H groups in total. The Morgan fingerprint density at radius 3 is 2.86 bits per heavy atom. The fourth-order valence-corrected chi connectivity index (χ4v) is 2.63. The molecule has 3 aromatic rings. The molecule has 0 aliphatic carbocycles. The van der Waals surface area contributed by atoms with Crippen molar-refractivity contribution in [3.05, 3.63) is 23.3 Å². The Hall–Kier alpha value is -2.28. The number of fused-ring (bicyclic) bond motifs is 1. The third-order valence-electron chi connectivity index (χ3n) is 3.71. The van der Waals surface area contributed by atoms with Crippen LogP contribution in [0.4, 0.5) is 0 Å². The minimum absolute atomic E-state index is 0.212. The Morgan fingerprint density at radius 1 is 1.14 bits per heavy atom. The molecule has 7 heteroatoms. The van der Waals surface area contributed by atoms with Gasteiger partial charge in [0.15, 0.2) is 5.82 Å². The molecule has 1 atom stereocenters. The summed E-state index contributed by atoms with van der Waals surface area (Å²) >= 11 is 0. The van der Waals surface area contributed by atoms with Gasteiger partial charge in [-0.1, -0.05) is 10.3 Å². The fraction of sp³-hybridized carbons (Fsp3) is 0.429. The molecule has 1 saturated heterocycles. The highest BCUT2D eigenvalue weighted by molar-refractivity contribution is 5.91. The smallest absolute Gasteiger partial charge is 0.258 e. The summed E-state index contributed by atoms with van der Waals surface area (Å²) in [5, 5.41) is 8.87. The zero-order valence-electron chi connectivity index (χ0n) is 11.8. The van der Waals surface area contributed by atoms with Crippen LogP contribution in [0, 0.1) is 13.8 Å². The summed E-state index contributed by atoms with van der Waals surface area (Å²) in [4.78, 5) is 8.85. The molecule has 0 amide bonds. The third-order valence-corrected chi connectivity index (χ3v) is 3.71. The summed E-state index contributed by atoms with van der Waals surface area (Å²) in [6, 6.07) is 1.91. The molecule has 4 heterocycles. The molecule has 0 aromatic carbocycles. The molecule has 1 fully saturated rings. The quantitative estimate of drug-likeness (QED) is 0.714. The second kappa shape index (κ2) is 4.63. The van der Waals surface area contributed by atoms with Gasteiger partial charge in [-0.2, -0.15) is 4.98 Å². The molecule has 0 spiro atoms. The standard InChI is InChI=1S/C14H14N4O3/c1-7-5-10(11-8(2)17-21-14(11)15-7)13-16-12(18-20-13)9-3-4-19-6-9/h5,9H,3-4,6H2,1-2H3/t9-/m1/s1. The summed E-state index contributed by atoms with van der Waals surface area (Å²) in [5.41, 5.74) is 2.88. The molecule has 0 radical (unpaired) electrons. The number of hydrogen-bond acceptors (Lipinski definition) is 7. The zero-order chi connectivity index (χ0) is 14.4. The number of hydrogen-bond donors (Lipinski definition) is 0. The second-order valence-corrected chi connectivity index (χ2v) is 5.28. The Kier molecular flexibility index (Phi) is 2.75. The van der Waals surface area contributed by atoms with Gasteiger partial charge in [0.2, 0.25) is 0 Å². The van der Waals surface area contributed by atoms with Crippen molar-refractivity contribution < 1.29 is 13.8 Å². The van der Waals surface area contributed by atoms with E-state index in [2.05, 4.69) is 20.3 Å². The van der Waals surface area contributed by atoms with Gasteiger partial charge in [0.25, 0.3) is 11.6 Å². The summed E-state index contributed by atoms with van der Waals surface area (Å²) in [7, 11) is 0. The van der Waals surface area contributed by atoms with E-state index in [9.17, 15) is 0 Å². The topological polar surface area (TPSA) is 87.1 Å². The SMILES string of the molecule is Cc1cc(-c2nc([C@@H]3CCOC3)no2)c2c(C)noc2n1. The highest BCUT2D eigenvalue weighted by Gasteiger charge is 2.25.